The van der Waals surface area contributed by atoms with Crippen LogP contribution in [-0.4, -0.2) is 0 Å². The Labute approximate surface area is 126 Å². The standard InChI is InChI=1S/C14H10Cl4/c1-8(9-2-11(15)6-12(16)3-9)10-4-13(17)7-14(18)5-10/h2-8H,1H3. The lowest BCUT2D eigenvalue weighted by molar-refractivity contribution is 0.923. The van der Waals surface area contributed by atoms with Crippen molar-refractivity contribution in [3.05, 3.63) is 67.6 Å². The Morgan fingerprint density at radius 1 is 0.611 bits per heavy atom. The van der Waals surface area contributed by atoms with E-state index >= 15 is 0 Å². The van der Waals surface area contributed by atoms with Crippen molar-refractivity contribution in [2.75, 3.05) is 0 Å². The summed E-state index contributed by atoms with van der Waals surface area (Å²) in [5.41, 5.74) is 2.07. The van der Waals surface area contributed by atoms with Gasteiger partial charge in [-0.05, 0) is 47.5 Å². The summed E-state index contributed by atoms with van der Waals surface area (Å²) < 4.78 is 0. The minimum absolute atomic E-state index is 0.123. The molecular weight excluding hydrogens is 310 g/mol. The van der Waals surface area contributed by atoms with E-state index in [1.807, 2.05) is 24.3 Å². The largest absolute Gasteiger partial charge is 0.0843 e. The van der Waals surface area contributed by atoms with E-state index in [9.17, 15) is 0 Å². The third-order valence-electron chi connectivity index (χ3n) is 2.77. The fourth-order valence-electron chi connectivity index (χ4n) is 1.84. The van der Waals surface area contributed by atoms with Gasteiger partial charge in [0.2, 0.25) is 0 Å². The molecule has 0 saturated heterocycles. The predicted octanol–water partition coefficient (Wildman–Crippen LogP) is 6.45. The molecule has 4 heteroatoms. The first-order chi connectivity index (χ1) is 8.45. The molecule has 0 aliphatic carbocycles. The van der Waals surface area contributed by atoms with E-state index in [2.05, 4.69) is 6.92 Å². The van der Waals surface area contributed by atoms with Gasteiger partial charge >= 0.3 is 0 Å². The Morgan fingerprint density at radius 3 is 1.17 bits per heavy atom. The minimum atomic E-state index is 0.123. The first-order valence-electron chi connectivity index (χ1n) is 5.37. The third kappa shape index (κ3) is 3.33. The van der Waals surface area contributed by atoms with E-state index in [4.69, 9.17) is 46.4 Å². The molecule has 0 radical (unpaired) electrons. The van der Waals surface area contributed by atoms with Crippen LogP contribution in [0.2, 0.25) is 20.1 Å². The number of rotatable bonds is 2. The highest BCUT2D eigenvalue weighted by molar-refractivity contribution is 6.35. The van der Waals surface area contributed by atoms with Gasteiger partial charge in [-0.3, -0.25) is 0 Å². The average molecular weight is 320 g/mol. The zero-order chi connectivity index (χ0) is 13.3. The van der Waals surface area contributed by atoms with Crippen LogP contribution in [0.4, 0.5) is 0 Å². The summed E-state index contributed by atoms with van der Waals surface area (Å²) in [5.74, 6) is 0.123. The second kappa shape index (κ2) is 5.71. The van der Waals surface area contributed by atoms with Crippen molar-refractivity contribution in [2.45, 2.75) is 12.8 Å². The van der Waals surface area contributed by atoms with E-state index in [1.165, 1.54) is 0 Å². The summed E-state index contributed by atoms with van der Waals surface area (Å²) in [4.78, 5) is 0. The molecule has 0 nitrogen and oxygen atoms in total. The fraction of sp³-hybridized carbons (Fsp3) is 0.143. The molecule has 0 unspecified atom stereocenters. The lowest BCUT2D eigenvalue weighted by atomic mass is 9.93. The highest BCUT2D eigenvalue weighted by Gasteiger charge is 2.11. The van der Waals surface area contributed by atoms with Gasteiger partial charge in [0.05, 0.1) is 0 Å². The SMILES string of the molecule is CC(c1cc(Cl)cc(Cl)c1)c1cc(Cl)cc(Cl)c1. The number of hydrogen-bond acceptors (Lipinski definition) is 0. The minimum Gasteiger partial charge on any atom is -0.0843 e. The molecule has 2 aromatic rings. The number of hydrogen-bond donors (Lipinski definition) is 0. The van der Waals surface area contributed by atoms with Crippen LogP contribution < -0.4 is 0 Å². The molecule has 0 atom stereocenters. The smallest absolute Gasteiger partial charge is 0.0423 e. The molecule has 94 valence electrons. The highest BCUT2D eigenvalue weighted by Crippen LogP contribution is 2.32. The first-order valence-corrected chi connectivity index (χ1v) is 6.89. The van der Waals surface area contributed by atoms with E-state index in [0.29, 0.717) is 20.1 Å². The monoisotopic (exact) mass is 318 g/mol. The quantitative estimate of drug-likeness (QED) is 0.596. The number of benzene rings is 2. The van der Waals surface area contributed by atoms with Crippen LogP contribution in [0.3, 0.4) is 0 Å². The summed E-state index contributed by atoms with van der Waals surface area (Å²) in [7, 11) is 0. The van der Waals surface area contributed by atoms with Crippen LogP contribution in [0, 0.1) is 0 Å². The Bertz CT molecular complexity index is 486. The predicted molar refractivity (Wildman–Crippen MR) is 80.4 cm³/mol. The van der Waals surface area contributed by atoms with Crippen LogP contribution in [-0.2, 0) is 0 Å². The van der Waals surface area contributed by atoms with E-state index in [1.54, 1.807) is 12.1 Å². The molecule has 2 aromatic carbocycles. The summed E-state index contributed by atoms with van der Waals surface area (Å²) in [6.07, 6.45) is 0. The zero-order valence-electron chi connectivity index (χ0n) is 9.55. The Morgan fingerprint density at radius 2 is 0.889 bits per heavy atom. The molecule has 18 heavy (non-hydrogen) atoms. The molecular formula is C14H10Cl4. The van der Waals surface area contributed by atoms with Gasteiger partial charge in [0.1, 0.15) is 0 Å². The summed E-state index contributed by atoms with van der Waals surface area (Å²) in [6.45, 7) is 2.06. The summed E-state index contributed by atoms with van der Waals surface area (Å²) in [6, 6.07) is 11.0. The normalized spacial score (nSPS) is 11.0. The van der Waals surface area contributed by atoms with Gasteiger partial charge in [0.15, 0.2) is 0 Å². The Hall–Kier alpha value is -0.400. The molecule has 0 amide bonds. The van der Waals surface area contributed by atoms with Gasteiger partial charge in [-0.25, -0.2) is 0 Å². The van der Waals surface area contributed by atoms with Gasteiger partial charge in [-0.1, -0.05) is 53.3 Å². The number of halogens is 4. The van der Waals surface area contributed by atoms with Crippen molar-refractivity contribution in [3.63, 3.8) is 0 Å². The molecule has 0 fully saturated rings. The molecule has 0 aliphatic heterocycles. The van der Waals surface area contributed by atoms with Crippen molar-refractivity contribution in [2.24, 2.45) is 0 Å². The molecule has 0 spiro atoms. The van der Waals surface area contributed by atoms with E-state index < -0.39 is 0 Å². The van der Waals surface area contributed by atoms with Crippen LogP contribution in [0.15, 0.2) is 36.4 Å². The van der Waals surface area contributed by atoms with Gasteiger partial charge in [0.25, 0.3) is 0 Å². The Balaban J connectivity index is 2.43. The van der Waals surface area contributed by atoms with E-state index in [0.717, 1.165) is 11.1 Å². The van der Waals surface area contributed by atoms with Gasteiger partial charge in [0, 0.05) is 26.0 Å². The van der Waals surface area contributed by atoms with E-state index in [-0.39, 0.29) is 5.92 Å². The van der Waals surface area contributed by atoms with Gasteiger partial charge < -0.3 is 0 Å². The van der Waals surface area contributed by atoms with Crippen LogP contribution in [0.5, 0.6) is 0 Å². The second-order valence-electron chi connectivity index (χ2n) is 4.13. The van der Waals surface area contributed by atoms with Crippen molar-refractivity contribution >= 4 is 46.4 Å². The molecule has 0 aliphatic rings. The van der Waals surface area contributed by atoms with Gasteiger partial charge in [-0.2, -0.15) is 0 Å². The average Bonchev–Trinajstić information content (AvgIpc) is 2.25. The molecule has 0 aromatic heterocycles. The molecule has 0 N–H and O–H groups in total. The van der Waals surface area contributed by atoms with Crippen molar-refractivity contribution < 1.29 is 0 Å². The van der Waals surface area contributed by atoms with Crippen LogP contribution in [0.25, 0.3) is 0 Å². The van der Waals surface area contributed by atoms with Crippen LogP contribution in [0.1, 0.15) is 24.0 Å². The topological polar surface area (TPSA) is 0 Å². The molecule has 0 saturated carbocycles. The first kappa shape index (κ1) is 14.0. The van der Waals surface area contributed by atoms with Crippen molar-refractivity contribution in [1.82, 2.24) is 0 Å². The maximum Gasteiger partial charge on any atom is 0.0423 e. The fourth-order valence-corrected chi connectivity index (χ4v) is 2.93. The lowest BCUT2D eigenvalue weighted by Gasteiger charge is -2.14. The van der Waals surface area contributed by atoms with Crippen LogP contribution >= 0.6 is 46.4 Å². The lowest BCUT2D eigenvalue weighted by Crippen LogP contribution is -1.96. The molecule has 2 rings (SSSR count). The maximum absolute atomic E-state index is 6.01. The highest BCUT2D eigenvalue weighted by atomic mass is 35.5. The Kier molecular flexibility index (Phi) is 4.45. The second-order valence-corrected chi connectivity index (χ2v) is 5.87. The van der Waals surface area contributed by atoms with Crippen molar-refractivity contribution in [3.8, 4) is 0 Å². The molecule has 0 heterocycles. The maximum atomic E-state index is 6.01. The zero-order valence-corrected chi connectivity index (χ0v) is 12.6. The van der Waals surface area contributed by atoms with Crippen molar-refractivity contribution in [1.29, 1.82) is 0 Å². The summed E-state index contributed by atoms with van der Waals surface area (Å²) in [5, 5.41) is 2.49. The molecule has 0 bridgehead atoms. The summed E-state index contributed by atoms with van der Waals surface area (Å²) >= 11 is 24.0. The van der Waals surface area contributed by atoms with Gasteiger partial charge in [-0.15, -0.1) is 0 Å². The third-order valence-corrected chi connectivity index (χ3v) is 3.64.